The maximum atomic E-state index is 13.3. The summed E-state index contributed by atoms with van der Waals surface area (Å²) in [6.45, 7) is 0. The number of carbonyl (C=O) groups excluding carboxylic acids is 1. The standard InChI is InChI=1S/C12H8F2N2O.ClH/c13-9-2-1-3-10(14)11(9)16-12(17)8-4-6-15-7-5-8;/h1-7H,(H,16,17);1H. The fourth-order valence-electron chi connectivity index (χ4n) is 1.31. The number of anilines is 1. The largest absolute Gasteiger partial charge is 0.317 e. The highest BCUT2D eigenvalue weighted by Gasteiger charge is 2.12. The summed E-state index contributed by atoms with van der Waals surface area (Å²) in [4.78, 5) is 15.4. The van der Waals surface area contributed by atoms with Crippen molar-refractivity contribution in [2.75, 3.05) is 5.32 Å². The number of benzene rings is 1. The van der Waals surface area contributed by atoms with E-state index in [0.29, 0.717) is 0 Å². The van der Waals surface area contributed by atoms with Crippen molar-refractivity contribution in [3.63, 3.8) is 0 Å². The molecule has 0 aliphatic rings. The summed E-state index contributed by atoms with van der Waals surface area (Å²) in [7, 11) is 0. The Balaban J connectivity index is 0.00000162. The predicted molar refractivity (Wildman–Crippen MR) is 65.8 cm³/mol. The molecule has 0 saturated carbocycles. The maximum Gasteiger partial charge on any atom is 0.255 e. The molecule has 0 bridgehead atoms. The molecule has 0 fully saturated rings. The van der Waals surface area contributed by atoms with Crippen LogP contribution in [0.1, 0.15) is 10.4 Å². The monoisotopic (exact) mass is 270 g/mol. The second kappa shape index (κ2) is 6.07. The van der Waals surface area contributed by atoms with Crippen molar-refractivity contribution in [1.82, 2.24) is 4.98 Å². The van der Waals surface area contributed by atoms with E-state index >= 15 is 0 Å². The number of amides is 1. The highest BCUT2D eigenvalue weighted by atomic mass is 35.5. The first-order valence-corrected chi connectivity index (χ1v) is 4.84. The van der Waals surface area contributed by atoms with E-state index in [4.69, 9.17) is 0 Å². The third-order valence-electron chi connectivity index (χ3n) is 2.14. The first-order valence-electron chi connectivity index (χ1n) is 4.84. The van der Waals surface area contributed by atoms with Crippen LogP contribution in [-0.2, 0) is 0 Å². The first-order chi connectivity index (χ1) is 8.18. The van der Waals surface area contributed by atoms with Gasteiger partial charge in [0.15, 0.2) is 0 Å². The zero-order valence-electron chi connectivity index (χ0n) is 9.06. The van der Waals surface area contributed by atoms with E-state index < -0.39 is 23.2 Å². The minimum Gasteiger partial charge on any atom is -0.317 e. The molecule has 18 heavy (non-hydrogen) atoms. The third kappa shape index (κ3) is 3.01. The lowest BCUT2D eigenvalue weighted by molar-refractivity contribution is 0.102. The lowest BCUT2D eigenvalue weighted by atomic mass is 10.2. The van der Waals surface area contributed by atoms with Crippen molar-refractivity contribution in [3.8, 4) is 0 Å². The molecule has 3 nitrogen and oxygen atoms in total. The van der Waals surface area contributed by atoms with Gasteiger partial charge < -0.3 is 5.32 Å². The van der Waals surface area contributed by atoms with E-state index in [1.807, 2.05) is 0 Å². The van der Waals surface area contributed by atoms with Crippen LogP contribution in [0.2, 0.25) is 0 Å². The molecule has 1 amide bonds. The number of rotatable bonds is 2. The lowest BCUT2D eigenvalue weighted by Gasteiger charge is -2.06. The summed E-state index contributed by atoms with van der Waals surface area (Å²) in [5, 5.41) is 2.18. The highest BCUT2D eigenvalue weighted by Crippen LogP contribution is 2.18. The minimum absolute atomic E-state index is 0. The van der Waals surface area contributed by atoms with Gasteiger partial charge in [-0.05, 0) is 24.3 Å². The molecule has 2 aromatic rings. The summed E-state index contributed by atoms with van der Waals surface area (Å²) < 4.78 is 26.5. The van der Waals surface area contributed by atoms with Gasteiger partial charge in [0.2, 0.25) is 0 Å². The Kier molecular flexibility index (Phi) is 4.74. The van der Waals surface area contributed by atoms with Crippen LogP contribution in [0, 0.1) is 11.6 Å². The maximum absolute atomic E-state index is 13.3. The number of hydrogen-bond acceptors (Lipinski definition) is 2. The van der Waals surface area contributed by atoms with E-state index in [2.05, 4.69) is 10.3 Å². The average Bonchev–Trinajstić information content (AvgIpc) is 2.35. The van der Waals surface area contributed by atoms with E-state index in [9.17, 15) is 13.6 Å². The molecule has 0 aliphatic heterocycles. The van der Waals surface area contributed by atoms with Gasteiger partial charge in [0, 0.05) is 18.0 Å². The summed E-state index contributed by atoms with van der Waals surface area (Å²) in [6, 6.07) is 6.28. The molecule has 6 heteroatoms. The van der Waals surface area contributed by atoms with Crippen LogP contribution in [0.4, 0.5) is 14.5 Å². The molecular formula is C12H9ClF2N2O. The molecule has 1 aromatic carbocycles. The van der Waals surface area contributed by atoms with Crippen LogP contribution in [0.5, 0.6) is 0 Å². The Bertz CT molecular complexity index is 529. The molecule has 0 spiro atoms. The number of halogens is 3. The molecule has 0 saturated heterocycles. The van der Waals surface area contributed by atoms with Crippen molar-refractivity contribution < 1.29 is 13.6 Å². The van der Waals surface area contributed by atoms with Gasteiger partial charge in [-0.25, -0.2) is 8.78 Å². The van der Waals surface area contributed by atoms with Gasteiger partial charge in [-0.2, -0.15) is 0 Å². The van der Waals surface area contributed by atoms with Crippen LogP contribution >= 0.6 is 12.4 Å². The van der Waals surface area contributed by atoms with Gasteiger partial charge >= 0.3 is 0 Å². The number of nitrogens with zero attached hydrogens (tertiary/aromatic N) is 1. The average molecular weight is 271 g/mol. The molecule has 1 aromatic heterocycles. The summed E-state index contributed by atoms with van der Waals surface area (Å²) in [6.07, 6.45) is 2.85. The number of pyridine rings is 1. The van der Waals surface area contributed by atoms with Gasteiger partial charge in [-0.15, -0.1) is 12.4 Å². The van der Waals surface area contributed by atoms with Crippen LogP contribution in [0.25, 0.3) is 0 Å². The van der Waals surface area contributed by atoms with Crippen LogP contribution in [-0.4, -0.2) is 10.9 Å². The smallest absolute Gasteiger partial charge is 0.255 e. The normalized spacial score (nSPS) is 9.44. The number of nitrogens with one attached hydrogen (secondary N) is 1. The Morgan fingerprint density at radius 2 is 1.61 bits per heavy atom. The van der Waals surface area contributed by atoms with E-state index in [1.54, 1.807) is 0 Å². The second-order valence-corrected chi connectivity index (χ2v) is 3.29. The summed E-state index contributed by atoms with van der Waals surface area (Å²) in [5.74, 6) is -2.21. The van der Waals surface area contributed by atoms with Crippen molar-refractivity contribution >= 4 is 24.0 Å². The fraction of sp³-hybridized carbons (Fsp3) is 0. The summed E-state index contributed by atoms with van der Waals surface area (Å²) in [5.41, 5.74) is -0.169. The van der Waals surface area contributed by atoms with Gasteiger partial charge in [0.05, 0.1) is 0 Å². The molecule has 0 atom stereocenters. The SMILES string of the molecule is Cl.O=C(Nc1c(F)cccc1F)c1ccncc1. The van der Waals surface area contributed by atoms with Crippen LogP contribution in [0.3, 0.4) is 0 Å². The van der Waals surface area contributed by atoms with Gasteiger partial charge in [0.25, 0.3) is 5.91 Å². The summed E-state index contributed by atoms with van der Waals surface area (Å²) >= 11 is 0. The van der Waals surface area contributed by atoms with Crippen molar-refractivity contribution in [1.29, 1.82) is 0 Å². The van der Waals surface area contributed by atoms with Crippen LogP contribution < -0.4 is 5.32 Å². The Morgan fingerprint density at radius 3 is 2.17 bits per heavy atom. The zero-order chi connectivity index (χ0) is 12.3. The Labute approximate surface area is 108 Å². The molecular weight excluding hydrogens is 262 g/mol. The van der Waals surface area contributed by atoms with Gasteiger partial charge in [0.1, 0.15) is 17.3 Å². The molecule has 0 unspecified atom stereocenters. The van der Waals surface area contributed by atoms with Crippen molar-refractivity contribution in [3.05, 3.63) is 59.9 Å². The Morgan fingerprint density at radius 1 is 1.06 bits per heavy atom. The molecule has 2 rings (SSSR count). The second-order valence-electron chi connectivity index (χ2n) is 3.29. The number of hydrogen-bond donors (Lipinski definition) is 1. The van der Waals surface area contributed by atoms with E-state index in [0.717, 1.165) is 12.1 Å². The van der Waals surface area contributed by atoms with Gasteiger partial charge in [-0.3, -0.25) is 9.78 Å². The number of aromatic nitrogens is 1. The fourth-order valence-corrected chi connectivity index (χ4v) is 1.31. The first kappa shape index (κ1) is 14.1. The van der Waals surface area contributed by atoms with Crippen LogP contribution in [0.15, 0.2) is 42.7 Å². The Hall–Kier alpha value is -2.01. The highest BCUT2D eigenvalue weighted by molar-refractivity contribution is 6.04. The number of carbonyl (C=O) groups is 1. The van der Waals surface area contributed by atoms with E-state index in [-0.39, 0.29) is 18.0 Å². The topological polar surface area (TPSA) is 42.0 Å². The lowest BCUT2D eigenvalue weighted by Crippen LogP contribution is -2.14. The van der Waals surface area contributed by atoms with E-state index in [1.165, 1.54) is 30.6 Å². The van der Waals surface area contributed by atoms with Crippen molar-refractivity contribution in [2.24, 2.45) is 0 Å². The minimum atomic E-state index is -0.813. The van der Waals surface area contributed by atoms with Gasteiger partial charge in [-0.1, -0.05) is 6.07 Å². The molecule has 1 N–H and O–H groups in total. The molecule has 0 aliphatic carbocycles. The zero-order valence-corrected chi connectivity index (χ0v) is 9.88. The van der Waals surface area contributed by atoms with Crippen molar-refractivity contribution in [2.45, 2.75) is 0 Å². The molecule has 94 valence electrons. The molecule has 0 radical (unpaired) electrons. The quantitative estimate of drug-likeness (QED) is 0.911. The molecule has 1 heterocycles. The predicted octanol–water partition coefficient (Wildman–Crippen LogP) is 3.03. The number of para-hydroxylation sites is 1. The third-order valence-corrected chi connectivity index (χ3v) is 2.14.